The Morgan fingerprint density at radius 1 is 0.941 bits per heavy atom. The summed E-state index contributed by atoms with van der Waals surface area (Å²) >= 11 is 0. The zero-order valence-electron chi connectivity index (χ0n) is 11.1. The van der Waals surface area contributed by atoms with Gasteiger partial charge in [0.05, 0.1) is 0 Å². The van der Waals surface area contributed by atoms with Crippen LogP contribution in [0.2, 0.25) is 0 Å². The van der Waals surface area contributed by atoms with E-state index in [1.165, 1.54) is 0 Å². The number of nitrogens with one attached hydrogen (secondary N) is 2. The number of ether oxygens (including phenoxy) is 2. The molecule has 2 N–H and O–H groups in total. The third-order valence-corrected chi connectivity index (χ3v) is 1.23. The largest absolute Gasteiger partial charge is 0.454 e. The third kappa shape index (κ3) is 8.24. The molecule has 0 fully saturated rings. The lowest BCUT2D eigenvalue weighted by Crippen LogP contribution is -2.42. The summed E-state index contributed by atoms with van der Waals surface area (Å²) in [5, 5.41) is 9.33. The summed E-state index contributed by atoms with van der Waals surface area (Å²) in [6.07, 6.45) is -0.853. The van der Waals surface area contributed by atoms with Crippen LogP contribution in [-0.2, 0) is 14.3 Å². The van der Waals surface area contributed by atoms with Crippen LogP contribution in [0.1, 0.15) is 41.5 Å². The van der Waals surface area contributed by atoms with Crippen molar-refractivity contribution in [2.24, 2.45) is 0 Å². The Bertz CT molecular complexity index is 323. The highest BCUT2D eigenvalue weighted by atomic mass is 16.6. The number of alkyl carbamates (subject to hydrolysis) is 1. The summed E-state index contributed by atoms with van der Waals surface area (Å²) in [4.78, 5) is 22.6. The van der Waals surface area contributed by atoms with Crippen molar-refractivity contribution >= 4 is 17.9 Å². The summed E-state index contributed by atoms with van der Waals surface area (Å²) < 4.78 is 9.79. The molecule has 0 bridgehead atoms. The molecule has 0 spiro atoms. The molecule has 0 saturated heterocycles. The van der Waals surface area contributed by atoms with E-state index in [2.05, 4.69) is 0 Å². The number of hydrogen-bond donors (Lipinski definition) is 2. The molecule has 1 amide bonds. The molecule has 0 aliphatic rings. The van der Waals surface area contributed by atoms with Crippen LogP contribution in [0, 0.1) is 5.41 Å². The molecule has 98 valence electrons. The Hall–Kier alpha value is -1.59. The van der Waals surface area contributed by atoms with Gasteiger partial charge in [-0.1, -0.05) is 0 Å². The van der Waals surface area contributed by atoms with Gasteiger partial charge in [-0.05, 0) is 41.5 Å². The first-order chi connectivity index (χ1) is 7.41. The maximum Gasteiger partial charge on any atom is 0.413 e. The highest BCUT2D eigenvalue weighted by molar-refractivity contribution is 6.36. The Kier molecular flexibility index (Phi) is 4.68. The minimum absolute atomic E-state index is 0.644. The second-order valence-corrected chi connectivity index (χ2v) is 5.50. The topological polar surface area (TPSA) is 88.5 Å². The molecule has 0 aromatic carbocycles. The van der Waals surface area contributed by atoms with Crippen molar-refractivity contribution in [2.75, 3.05) is 0 Å². The van der Waals surface area contributed by atoms with Crippen molar-refractivity contribution in [3.63, 3.8) is 0 Å². The average Bonchev–Trinajstić information content (AvgIpc) is 1.95. The van der Waals surface area contributed by atoms with E-state index in [0.29, 0.717) is 0 Å². The Balaban J connectivity index is 4.28. The number of amides is 1. The average molecular weight is 244 g/mol. The predicted molar refractivity (Wildman–Crippen MR) is 62.9 cm³/mol. The van der Waals surface area contributed by atoms with Crippen molar-refractivity contribution in [2.45, 2.75) is 52.7 Å². The van der Waals surface area contributed by atoms with E-state index in [1.807, 2.05) is 5.32 Å². The summed E-state index contributed by atoms with van der Waals surface area (Å²) in [5.41, 5.74) is -1.39. The fraction of sp³-hybridized carbons (Fsp3) is 0.727. The van der Waals surface area contributed by atoms with Gasteiger partial charge in [0.25, 0.3) is 0 Å². The predicted octanol–water partition coefficient (Wildman–Crippen LogP) is 1.83. The number of esters is 1. The standard InChI is InChI=1S/C11H20N2O4/c1-10(2,3)16-8(14)7(12)13-9(15)17-11(4,5)6/h1-6H3,(H2,12,13,15). The maximum absolute atomic E-state index is 11.3. The highest BCUT2D eigenvalue weighted by Gasteiger charge is 2.23. The van der Waals surface area contributed by atoms with Gasteiger partial charge in [0.1, 0.15) is 11.2 Å². The zero-order chi connectivity index (χ0) is 13.9. The maximum atomic E-state index is 11.3. The molecule has 0 atom stereocenters. The molecule has 0 aromatic heterocycles. The quantitative estimate of drug-likeness (QED) is 0.386. The van der Waals surface area contributed by atoms with Crippen LogP contribution in [0.4, 0.5) is 4.79 Å². The van der Waals surface area contributed by atoms with E-state index >= 15 is 0 Å². The lowest BCUT2D eigenvalue weighted by Gasteiger charge is -2.21. The summed E-state index contributed by atoms with van der Waals surface area (Å²) in [6, 6.07) is 0. The first kappa shape index (κ1) is 15.4. The van der Waals surface area contributed by atoms with Crippen LogP contribution in [0.25, 0.3) is 0 Å². The Morgan fingerprint density at radius 2 is 1.35 bits per heavy atom. The molecular weight excluding hydrogens is 224 g/mol. The first-order valence-corrected chi connectivity index (χ1v) is 5.22. The van der Waals surface area contributed by atoms with E-state index in [-0.39, 0.29) is 0 Å². The SMILES string of the molecule is CC(C)(C)OC(=O)NC(=N)C(=O)OC(C)(C)C. The second kappa shape index (κ2) is 5.16. The molecule has 0 aliphatic heterocycles. The van der Waals surface area contributed by atoms with E-state index in [1.54, 1.807) is 41.5 Å². The van der Waals surface area contributed by atoms with Crippen molar-refractivity contribution in [3.05, 3.63) is 0 Å². The van der Waals surface area contributed by atoms with Gasteiger partial charge in [0.2, 0.25) is 5.84 Å². The van der Waals surface area contributed by atoms with Gasteiger partial charge in [-0.2, -0.15) is 0 Å². The lowest BCUT2D eigenvalue weighted by atomic mass is 10.2. The van der Waals surface area contributed by atoms with Crippen LogP contribution in [0.5, 0.6) is 0 Å². The number of carbonyl (C=O) groups excluding carboxylic acids is 2. The van der Waals surface area contributed by atoms with Crippen molar-refractivity contribution in [1.82, 2.24) is 5.32 Å². The minimum atomic E-state index is -0.900. The molecule has 0 heterocycles. The van der Waals surface area contributed by atoms with Gasteiger partial charge >= 0.3 is 12.1 Å². The summed E-state index contributed by atoms with van der Waals surface area (Å²) in [5.74, 6) is -1.54. The number of hydrogen-bond acceptors (Lipinski definition) is 5. The normalized spacial score (nSPS) is 11.6. The number of rotatable bonds is 0. The van der Waals surface area contributed by atoms with Gasteiger partial charge in [-0.25, -0.2) is 9.59 Å². The van der Waals surface area contributed by atoms with E-state index < -0.39 is 29.1 Å². The molecule has 0 unspecified atom stereocenters. The molecule has 0 rings (SSSR count). The van der Waals surface area contributed by atoms with Crippen LogP contribution in [-0.4, -0.2) is 29.1 Å². The van der Waals surface area contributed by atoms with E-state index in [4.69, 9.17) is 14.9 Å². The lowest BCUT2D eigenvalue weighted by molar-refractivity contribution is -0.146. The van der Waals surface area contributed by atoms with Crippen LogP contribution < -0.4 is 5.32 Å². The molecule has 6 nitrogen and oxygen atoms in total. The van der Waals surface area contributed by atoms with E-state index in [0.717, 1.165) is 0 Å². The van der Waals surface area contributed by atoms with Gasteiger partial charge in [-0.3, -0.25) is 10.7 Å². The molecular formula is C11H20N2O4. The molecule has 0 aromatic rings. The number of carbonyl (C=O) groups is 2. The fourth-order valence-electron chi connectivity index (χ4n) is 0.786. The van der Waals surface area contributed by atoms with Gasteiger partial charge in [0.15, 0.2) is 0 Å². The van der Waals surface area contributed by atoms with Gasteiger partial charge < -0.3 is 9.47 Å². The molecule has 0 aliphatic carbocycles. The van der Waals surface area contributed by atoms with Crippen LogP contribution in [0.15, 0.2) is 0 Å². The first-order valence-electron chi connectivity index (χ1n) is 5.22. The highest BCUT2D eigenvalue weighted by Crippen LogP contribution is 2.08. The second-order valence-electron chi connectivity index (χ2n) is 5.50. The summed E-state index contributed by atoms with van der Waals surface area (Å²) in [7, 11) is 0. The fourth-order valence-corrected chi connectivity index (χ4v) is 0.786. The molecule has 6 heteroatoms. The van der Waals surface area contributed by atoms with Crippen molar-refractivity contribution in [3.8, 4) is 0 Å². The smallest absolute Gasteiger partial charge is 0.413 e. The zero-order valence-corrected chi connectivity index (χ0v) is 11.1. The molecule has 17 heavy (non-hydrogen) atoms. The monoisotopic (exact) mass is 244 g/mol. The summed E-state index contributed by atoms with van der Waals surface area (Å²) in [6.45, 7) is 10.1. The van der Waals surface area contributed by atoms with Crippen molar-refractivity contribution < 1.29 is 19.1 Å². The van der Waals surface area contributed by atoms with Crippen LogP contribution in [0.3, 0.4) is 0 Å². The van der Waals surface area contributed by atoms with Crippen molar-refractivity contribution in [1.29, 1.82) is 5.41 Å². The molecule has 0 saturated carbocycles. The van der Waals surface area contributed by atoms with Crippen LogP contribution >= 0.6 is 0 Å². The Morgan fingerprint density at radius 3 is 1.71 bits per heavy atom. The Labute approximate surface area is 101 Å². The van der Waals surface area contributed by atoms with Gasteiger partial charge in [-0.15, -0.1) is 0 Å². The third-order valence-electron chi connectivity index (χ3n) is 1.23. The van der Waals surface area contributed by atoms with E-state index in [9.17, 15) is 9.59 Å². The minimum Gasteiger partial charge on any atom is -0.454 e. The molecule has 0 radical (unpaired) electrons. The van der Waals surface area contributed by atoms with Gasteiger partial charge in [0, 0.05) is 0 Å². The number of amidine groups is 1.